The molecule has 9 heteroatoms. The summed E-state index contributed by atoms with van der Waals surface area (Å²) in [5, 5.41) is 0.570. The number of ether oxygens (including phenoxy) is 2. The molecule has 1 aliphatic carbocycles. The molecule has 1 saturated carbocycles. The van der Waals surface area contributed by atoms with Crippen molar-refractivity contribution in [3.63, 3.8) is 0 Å². The van der Waals surface area contributed by atoms with Gasteiger partial charge in [-0.25, -0.2) is 8.42 Å². The second-order valence-electron chi connectivity index (χ2n) is 8.37. The van der Waals surface area contributed by atoms with Gasteiger partial charge in [0.2, 0.25) is 0 Å². The minimum absolute atomic E-state index is 0.00278. The lowest BCUT2D eigenvalue weighted by molar-refractivity contribution is -0.158. The van der Waals surface area contributed by atoms with Gasteiger partial charge in [0.1, 0.15) is 12.4 Å². The molecule has 3 aliphatic rings. The van der Waals surface area contributed by atoms with E-state index in [0.717, 1.165) is 31.2 Å². The number of nitrogens with zero attached hydrogens (tertiary/aromatic N) is 1. The summed E-state index contributed by atoms with van der Waals surface area (Å²) in [5.41, 5.74) is 0.839. The Morgan fingerprint density at radius 1 is 1.17 bits per heavy atom. The summed E-state index contributed by atoms with van der Waals surface area (Å²) < 4.78 is 34.8. The molecule has 2 aliphatic heterocycles. The van der Waals surface area contributed by atoms with Crippen molar-refractivity contribution < 1.29 is 27.5 Å². The number of rotatable bonds is 5. The van der Waals surface area contributed by atoms with Crippen LogP contribution in [0.4, 0.5) is 0 Å². The Hall–Kier alpha value is -1.80. The number of benzene rings is 1. The van der Waals surface area contributed by atoms with E-state index in [2.05, 4.69) is 0 Å². The van der Waals surface area contributed by atoms with E-state index >= 15 is 0 Å². The molecule has 2 unspecified atom stereocenters. The highest BCUT2D eigenvalue weighted by molar-refractivity contribution is 7.91. The maximum Gasteiger partial charge on any atom is 0.313 e. The summed E-state index contributed by atoms with van der Waals surface area (Å²) in [5.74, 6) is -0.492. The lowest BCUT2D eigenvalue weighted by Gasteiger charge is -2.34. The van der Waals surface area contributed by atoms with Crippen LogP contribution >= 0.6 is 11.6 Å². The topological polar surface area (TPSA) is 90.0 Å². The Morgan fingerprint density at radius 3 is 2.63 bits per heavy atom. The average molecular weight is 456 g/mol. The molecular weight excluding hydrogens is 430 g/mol. The average Bonchev–Trinajstić information content (AvgIpc) is 3.35. The van der Waals surface area contributed by atoms with Crippen molar-refractivity contribution in [2.24, 2.45) is 5.92 Å². The molecule has 0 aromatic heterocycles. The van der Waals surface area contributed by atoms with Gasteiger partial charge in [-0.1, -0.05) is 24.4 Å². The molecule has 7 nitrogen and oxygen atoms in total. The van der Waals surface area contributed by atoms with Gasteiger partial charge in [0.15, 0.2) is 16.4 Å². The summed E-state index contributed by atoms with van der Waals surface area (Å²) >= 11 is 6.02. The highest BCUT2D eigenvalue weighted by Gasteiger charge is 2.39. The van der Waals surface area contributed by atoms with Gasteiger partial charge >= 0.3 is 5.97 Å². The third-order valence-electron chi connectivity index (χ3n) is 6.21. The number of hydrogen-bond acceptors (Lipinski definition) is 6. The van der Waals surface area contributed by atoms with Crippen molar-refractivity contribution >= 4 is 33.3 Å². The van der Waals surface area contributed by atoms with Crippen LogP contribution in [0.15, 0.2) is 18.2 Å². The van der Waals surface area contributed by atoms with Crippen molar-refractivity contribution in [3.8, 4) is 5.75 Å². The van der Waals surface area contributed by atoms with Crippen LogP contribution in [0.5, 0.6) is 5.75 Å². The third kappa shape index (κ3) is 4.75. The molecular formula is C21H26ClNO6S. The SMILES string of the molecule is O=C(OCC(=O)N(C1CCCC1)C1CCS(=O)(=O)C1)C1COc2ccc(Cl)cc2C1. The Balaban J connectivity index is 1.38. The zero-order valence-electron chi connectivity index (χ0n) is 16.7. The molecule has 0 radical (unpaired) electrons. The van der Waals surface area contributed by atoms with Crippen LogP contribution in [0.25, 0.3) is 0 Å². The zero-order valence-corrected chi connectivity index (χ0v) is 18.3. The molecule has 30 heavy (non-hydrogen) atoms. The molecule has 2 atom stereocenters. The fourth-order valence-electron chi connectivity index (χ4n) is 4.72. The normalized spacial score (nSPS) is 25.4. The van der Waals surface area contributed by atoms with E-state index in [9.17, 15) is 18.0 Å². The van der Waals surface area contributed by atoms with E-state index in [-0.39, 0.29) is 42.7 Å². The summed E-state index contributed by atoms with van der Waals surface area (Å²) in [6.45, 7) is -0.181. The number of carbonyl (C=O) groups excluding carboxylic acids is 2. The Labute approximate surface area is 181 Å². The summed E-state index contributed by atoms with van der Waals surface area (Å²) in [6.07, 6.45) is 4.67. The van der Waals surface area contributed by atoms with Gasteiger partial charge in [-0.05, 0) is 49.4 Å². The Morgan fingerprint density at radius 2 is 1.93 bits per heavy atom. The molecule has 1 aromatic carbocycles. The van der Waals surface area contributed by atoms with Gasteiger partial charge in [0.25, 0.3) is 5.91 Å². The standard InChI is InChI=1S/C21H26ClNO6S/c22-16-5-6-19-14(10-16)9-15(11-28-19)21(25)29-12-20(24)23(17-3-1-2-4-17)18-7-8-30(26,27)13-18/h5-6,10,15,17-18H,1-4,7-9,11-13H2. The number of halogens is 1. The smallest absolute Gasteiger partial charge is 0.313 e. The fraction of sp³-hybridized carbons (Fsp3) is 0.619. The quantitative estimate of drug-likeness (QED) is 0.633. The second-order valence-corrected chi connectivity index (χ2v) is 11.0. The molecule has 4 rings (SSSR count). The van der Waals surface area contributed by atoms with E-state index in [1.54, 1.807) is 23.1 Å². The molecule has 2 fully saturated rings. The first-order chi connectivity index (χ1) is 14.3. The molecule has 0 N–H and O–H groups in total. The lowest BCUT2D eigenvalue weighted by Crippen LogP contribution is -2.48. The minimum Gasteiger partial charge on any atom is -0.492 e. The fourth-order valence-corrected chi connectivity index (χ4v) is 6.63. The van der Waals surface area contributed by atoms with E-state index in [0.29, 0.717) is 23.6 Å². The van der Waals surface area contributed by atoms with Crippen LogP contribution < -0.4 is 4.74 Å². The first-order valence-corrected chi connectivity index (χ1v) is 12.6. The van der Waals surface area contributed by atoms with E-state index in [4.69, 9.17) is 21.1 Å². The summed E-state index contributed by atoms with van der Waals surface area (Å²) in [4.78, 5) is 27.2. The first-order valence-electron chi connectivity index (χ1n) is 10.4. The maximum absolute atomic E-state index is 13.0. The molecule has 0 bridgehead atoms. The van der Waals surface area contributed by atoms with Gasteiger partial charge < -0.3 is 14.4 Å². The van der Waals surface area contributed by atoms with Crippen molar-refractivity contribution in [2.75, 3.05) is 24.7 Å². The maximum atomic E-state index is 13.0. The van der Waals surface area contributed by atoms with Gasteiger partial charge in [0.05, 0.1) is 17.4 Å². The molecule has 0 spiro atoms. The van der Waals surface area contributed by atoms with Crippen molar-refractivity contribution in [1.29, 1.82) is 0 Å². The largest absolute Gasteiger partial charge is 0.492 e. The van der Waals surface area contributed by atoms with Crippen LogP contribution in [0.3, 0.4) is 0 Å². The van der Waals surface area contributed by atoms with E-state index in [1.807, 2.05) is 0 Å². The number of amides is 1. The van der Waals surface area contributed by atoms with Crippen LogP contribution in [0, 0.1) is 5.92 Å². The lowest BCUT2D eigenvalue weighted by atomic mass is 9.97. The monoisotopic (exact) mass is 455 g/mol. The Kier molecular flexibility index (Phi) is 6.25. The Bertz CT molecular complexity index is 927. The predicted octanol–water partition coefficient (Wildman–Crippen LogP) is 2.39. The molecule has 1 amide bonds. The van der Waals surface area contributed by atoms with Crippen molar-refractivity contribution in [3.05, 3.63) is 28.8 Å². The van der Waals surface area contributed by atoms with Gasteiger partial charge in [-0.3, -0.25) is 9.59 Å². The molecule has 1 saturated heterocycles. The van der Waals surface area contributed by atoms with Gasteiger partial charge in [-0.15, -0.1) is 0 Å². The number of sulfone groups is 1. The van der Waals surface area contributed by atoms with Crippen LogP contribution in [-0.2, 0) is 30.6 Å². The number of esters is 1. The first kappa shape index (κ1) is 21.4. The number of carbonyl (C=O) groups is 2. The van der Waals surface area contributed by atoms with Crippen molar-refractivity contribution in [2.45, 2.75) is 50.6 Å². The van der Waals surface area contributed by atoms with Crippen molar-refractivity contribution in [1.82, 2.24) is 4.90 Å². The highest BCUT2D eigenvalue weighted by atomic mass is 35.5. The van der Waals surface area contributed by atoms with E-state index in [1.165, 1.54) is 0 Å². The van der Waals surface area contributed by atoms with Crippen LogP contribution in [-0.4, -0.2) is 62.0 Å². The van der Waals surface area contributed by atoms with Crippen LogP contribution in [0.1, 0.15) is 37.7 Å². The van der Waals surface area contributed by atoms with Gasteiger partial charge in [-0.2, -0.15) is 0 Å². The summed E-state index contributed by atoms with van der Waals surface area (Å²) in [6, 6.07) is 4.98. The molecule has 1 aromatic rings. The zero-order chi connectivity index (χ0) is 21.3. The summed E-state index contributed by atoms with van der Waals surface area (Å²) in [7, 11) is -3.11. The minimum atomic E-state index is -3.11. The van der Waals surface area contributed by atoms with Gasteiger partial charge in [0, 0.05) is 17.1 Å². The number of hydrogen-bond donors (Lipinski definition) is 0. The number of fused-ring (bicyclic) bond motifs is 1. The second kappa shape index (κ2) is 8.75. The predicted molar refractivity (Wildman–Crippen MR) is 111 cm³/mol. The third-order valence-corrected chi connectivity index (χ3v) is 8.19. The highest BCUT2D eigenvalue weighted by Crippen LogP contribution is 2.31. The molecule has 2 heterocycles. The van der Waals surface area contributed by atoms with Crippen LogP contribution in [0.2, 0.25) is 5.02 Å². The van der Waals surface area contributed by atoms with E-state index < -0.39 is 21.7 Å². The molecule has 164 valence electrons.